The number of ether oxygens (including phenoxy) is 1. The molecule has 130 valence electrons. The van der Waals surface area contributed by atoms with Crippen LogP contribution in [-0.2, 0) is 16.1 Å². The third-order valence-electron chi connectivity index (χ3n) is 3.29. The van der Waals surface area contributed by atoms with Gasteiger partial charge >= 0.3 is 11.7 Å². The van der Waals surface area contributed by atoms with E-state index in [1.165, 1.54) is 19.1 Å². The van der Waals surface area contributed by atoms with E-state index >= 15 is 0 Å². The number of rotatable bonds is 6. The Balaban J connectivity index is 2.01. The Labute approximate surface area is 139 Å². The Bertz CT molecular complexity index is 958. The zero-order chi connectivity index (χ0) is 18.6. The minimum atomic E-state index is -0.871. The topological polar surface area (TPSA) is 141 Å². The highest BCUT2D eigenvalue weighted by Crippen LogP contribution is 2.19. The number of ketones is 1. The number of Topliss-reactive ketones (excluding diaryl/α,β-unsaturated/α-hetero) is 1. The van der Waals surface area contributed by atoms with Crippen LogP contribution < -0.4 is 11.2 Å². The van der Waals surface area contributed by atoms with E-state index in [-0.39, 0.29) is 11.3 Å². The van der Waals surface area contributed by atoms with E-state index in [2.05, 4.69) is 0 Å². The van der Waals surface area contributed by atoms with Gasteiger partial charge in [-0.3, -0.25) is 34.0 Å². The van der Waals surface area contributed by atoms with E-state index in [0.717, 1.165) is 22.9 Å². The van der Waals surface area contributed by atoms with Crippen LogP contribution >= 0.6 is 0 Å². The molecule has 1 aromatic heterocycles. The van der Waals surface area contributed by atoms with Crippen LogP contribution in [0.5, 0.6) is 0 Å². The van der Waals surface area contributed by atoms with Crippen LogP contribution in [0, 0.1) is 17.0 Å². The molecule has 2 aromatic rings. The summed E-state index contributed by atoms with van der Waals surface area (Å²) in [5.74, 6) is -1.49. The van der Waals surface area contributed by atoms with E-state index in [1.54, 1.807) is 0 Å². The highest BCUT2D eigenvalue weighted by Gasteiger charge is 2.16. The van der Waals surface area contributed by atoms with Crippen molar-refractivity contribution in [3.05, 3.63) is 72.5 Å². The highest BCUT2D eigenvalue weighted by atomic mass is 16.6. The monoisotopic (exact) mass is 347 g/mol. The second-order valence-electron chi connectivity index (χ2n) is 5.08. The van der Waals surface area contributed by atoms with Gasteiger partial charge in [0.25, 0.3) is 11.2 Å². The van der Waals surface area contributed by atoms with E-state index in [0.29, 0.717) is 5.56 Å². The fourth-order valence-electron chi connectivity index (χ4n) is 1.96. The minimum absolute atomic E-state index is 0.0336. The number of hydrogen-bond acceptors (Lipinski definition) is 7. The maximum absolute atomic E-state index is 12.0. The number of H-pyrrole nitrogens is 1. The summed E-state index contributed by atoms with van der Waals surface area (Å²) in [6, 6.07) is 4.99. The van der Waals surface area contributed by atoms with Crippen LogP contribution in [0.3, 0.4) is 0 Å². The summed E-state index contributed by atoms with van der Waals surface area (Å²) in [5.41, 5.74) is -1.17. The molecule has 0 unspecified atom stereocenters. The molecule has 2 rings (SSSR count). The third-order valence-corrected chi connectivity index (χ3v) is 3.29. The molecule has 1 N–H and O–H groups in total. The lowest BCUT2D eigenvalue weighted by Crippen LogP contribution is -2.31. The van der Waals surface area contributed by atoms with Crippen LogP contribution in [0.4, 0.5) is 5.69 Å². The molecule has 0 saturated heterocycles. The molecule has 10 heteroatoms. The number of nitro groups is 1. The number of esters is 1. The maximum Gasteiger partial charge on any atom is 0.328 e. The van der Waals surface area contributed by atoms with Gasteiger partial charge in [-0.2, -0.15) is 0 Å². The van der Waals surface area contributed by atoms with Crippen LogP contribution in [0.2, 0.25) is 0 Å². The third kappa shape index (κ3) is 4.47. The molecule has 0 aliphatic heterocycles. The Morgan fingerprint density at radius 1 is 1.28 bits per heavy atom. The number of benzene rings is 1. The molecule has 25 heavy (non-hydrogen) atoms. The van der Waals surface area contributed by atoms with E-state index in [4.69, 9.17) is 4.74 Å². The number of aryl methyl sites for hydroxylation is 1. The van der Waals surface area contributed by atoms with Crippen molar-refractivity contribution >= 4 is 17.4 Å². The summed E-state index contributed by atoms with van der Waals surface area (Å²) in [7, 11) is 0. The molecule has 0 aliphatic carbocycles. The van der Waals surface area contributed by atoms with Crippen LogP contribution in [0.1, 0.15) is 15.9 Å². The summed E-state index contributed by atoms with van der Waals surface area (Å²) >= 11 is 0. The quantitative estimate of drug-likeness (QED) is 0.340. The van der Waals surface area contributed by atoms with Gasteiger partial charge in [-0.15, -0.1) is 0 Å². The SMILES string of the molecule is Cc1ccc(C(=O)COC(=O)Cn2ccc(=O)[nH]c2=O)cc1[N+](=O)[O-]. The molecule has 0 bridgehead atoms. The first kappa shape index (κ1) is 17.8. The average Bonchev–Trinajstić information content (AvgIpc) is 2.55. The first-order valence-electron chi connectivity index (χ1n) is 7.01. The van der Waals surface area contributed by atoms with Gasteiger partial charge in [0.05, 0.1) is 4.92 Å². The number of hydrogen-bond donors (Lipinski definition) is 1. The molecule has 1 heterocycles. The molecular formula is C15H13N3O7. The Morgan fingerprint density at radius 2 is 2.00 bits per heavy atom. The summed E-state index contributed by atoms with van der Waals surface area (Å²) < 4.78 is 5.68. The molecule has 0 amide bonds. The van der Waals surface area contributed by atoms with Gasteiger partial charge in [0.1, 0.15) is 6.54 Å². The van der Waals surface area contributed by atoms with Gasteiger partial charge in [0.2, 0.25) is 5.78 Å². The van der Waals surface area contributed by atoms with Crippen molar-refractivity contribution in [2.24, 2.45) is 0 Å². The second-order valence-corrected chi connectivity index (χ2v) is 5.08. The van der Waals surface area contributed by atoms with Crippen molar-refractivity contribution < 1.29 is 19.2 Å². The van der Waals surface area contributed by atoms with Crippen molar-refractivity contribution in [3.63, 3.8) is 0 Å². The summed E-state index contributed by atoms with van der Waals surface area (Å²) in [4.78, 5) is 58.3. The van der Waals surface area contributed by atoms with Crippen molar-refractivity contribution in [3.8, 4) is 0 Å². The standard InChI is InChI=1S/C15H13N3O7/c1-9-2-3-10(6-11(9)18(23)24)12(19)8-25-14(21)7-17-5-4-13(20)16-15(17)22/h2-6H,7-8H2,1H3,(H,16,20,22). The minimum Gasteiger partial charge on any atom is -0.456 e. The van der Waals surface area contributed by atoms with E-state index in [1.807, 2.05) is 4.98 Å². The molecule has 10 nitrogen and oxygen atoms in total. The smallest absolute Gasteiger partial charge is 0.328 e. The van der Waals surface area contributed by atoms with Crippen molar-refractivity contribution in [1.29, 1.82) is 0 Å². The predicted molar refractivity (Wildman–Crippen MR) is 84.4 cm³/mol. The lowest BCUT2D eigenvalue weighted by Gasteiger charge is -2.06. The van der Waals surface area contributed by atoms with Gasteiger partial charge in [0.15, 0.2) is 6.61 Å². The molecule has 0 saturated carbocycles. The normalized spacial score (nSPS) is 10.3. The molecule has 0 aliphatic rings. The van der Waals surface area contributed by atoms with Gasteiger partial charge < -0.3 is 4.74 Å². The number of nitro benzene ring substituents is 1. The molecule has 0 fully saturated rings. The van der Waals surface area contributed by atoms with Gasteiger partial charge in [-0.1, -0.05) is 12.1 Å². The number of aromatic nitrogens is 2. The van der Waals surface area contributed by atoms with Crippen LogP contribution in [-0.4, -0.2) is 32.8 Å². The van der Waals surface area contributed by atoms with Crippen LogP contribution in [0.15, 0.2) is 40.1 Å². The highest BCUT2D eigenvalue weighted by molar-refractivity contribution is 5.98. The number of nitrogens with one attached hydrogen (secondary N) is 1. The van der Waals surface area contributed by atoms with E-state index < -0.39 is 41.1 Å². The Morgan fingerprint density at radius 3 is 2.64 bits per heavy atom. The summed E-state index contributed by atoms with van der Waals surface area (Å²) in [5, 5.41) is 10.9. The second kappa shape index (κ2) is 7.34. The van der Waals surface area contributed by atoms with Gasteiger partial charge in [-0.05, 0) is 6.92 Å². The summed E-state index contributed by atoms with van der Waals surface area (Å²) in [6.45, 7) is 0.419. The number of carbonyl (C=O) groups excluding carboxylic acids is 2. The lowest BCUT2D eigenvalue weighted by atomic mass is 10.1. The number of carbonyl (C=O) groups is 2. The molecule has 0 atom stereocenters. The maximum atomic E-state index is 12.0. The fraction of sp³-hybridized carbons (Fsp3) is 0.200. The number of aromatic amines is 1. The first-order chi connectivity index (χ1) is 11.8. The van der Waals surface area contributed by atoms with Crippen LogP contribution in [0.25, 0.3) is 0 Å². The van der Waals surface area contributed by atoms with Gasteiger partial charge in [-0.25, -0.2) is 4.79 Å². The van der Waals surface area contributed by atoms with Crippen molar-refractivity contribution in [2.45, 2.75) is 13.5 Å². The fourth-order valence-corrected chi connectivity index (χ4v) is 1.96. The Hall–Kier alpha value is -3.56. The molecule has 1 aromatic carbocycles. The zero-order valence-electron chi connectivity index (χ0n) is 13.1. The largest absolute Gasteiger partial charge is 0.456 e. The van der Waals surface area contributed by atoms with Crippen molar-refractivity contribution in [1.82, 2.24) is 9.55 Å². The van der Waals surface area contributed by atoms with Gasteiger partial charge in [0, 0.05) is 29.5 Å². The Kier molecular flexibility index (Phi) is 5.22. The molecular weight excluding hydrogens is 334 g/mol. The first-order valence-corrected chi connectivity index (χ1v) is 7.01. The molecule has 0 spiro atoms. The zero-order valence-corrected chi connectivity index (χ0v) is 13.1. The lowest BCUT2D eigenvalue weighted by molar-refractivity contribution is -0.385. The van der Waals surface area contributed by atoms with E-state index in [9.17, 15) is 29.3 Å². The number of nitrogens with zero attached hydrogens (tertiary/aromatic N) is 2. The average molecular weight is 347 g/mol. The van der Waals surface area contributed by atoms with Crippen molar-refractivity contribution in [2.75, 3.05) is 6.61 Å². The molecule has 0 radical (unpaired) electrons. The predicted octanol–water partition coefficient (Wildman–Crippen LogP) is 0.179. The summed E-state index contributed by atoms with van der Waals surface area (Å²) in [6.07, 6.45) is 1.12.